The average Bonchev–Trinajstić information content (AvgIpc) is 2.76. The number of hydrogen-bond acceptors (Lipinski definition) is 9. The van der Waals surface area contributed by atoms with Gasteiger partial charge in [0.25, 0.3) is 5.56 Å². The van der Waals surface area contributed by atoms with Crippen LogP contribution in [-0.2, 0) is 18.2 Å². The van der Waals surface area contributed by atoms with Gasteiger partial charge in [-0.2, -0.15) is 8.70 Å². The van der Waals surface area contributed by atoms with E-state index in [2.05, 4.69) is 4.31 Å². The number of nitrogens with zero attached hydrogens (tertiary/aromatic N) is 1. The van der Waals surface area contributed by atoms with E-state index in [-0.39, 0.29) is 0 Å². The first-order valence-electron chi connectivity index (χ1n) is 6.62. The van der Waals surface area contributed by atoms with E-state index in [4.69, 9.17) is 29.4 Å². The maximum atomic E-state index is 13.1. The molecule has 1 saturated heterocycles. The summed E-state index contributed by atoms with van der Waals surface area (Å²) in [4.78, 5) is 55.0. The number of phosphoric acid groups is 2. The van der Waals surface area contributed by atoms with Gasteiger partial charge in [-0.25, -0.2) is 13.9 Å². The molecule has 2 heterocycles. The zero-order valence-corrected chi connectivity index (χ0v) is 14.7. The first-order valence-corrected chi connectivity index (χ1v) is 9.68. The van der Waals surface area contributed by atoms with E-state index >= 15 is 0 Å². The minimum Gasteiger partial charge on any atom is -0.394 e. The minimum atomic E-state index is -5.05. The Balaban J connectivity index is 0.000000345. The summed E-state index contributed by atoms with van der Waals surface area (Å²) in [5, 5.41) is 28.0. The van der Waals surface area contributed by atoms with Crippen molar-refractivity contribution < 1.29 is 57.5 Å². The molecule has 0 saturated carbocycles. The second-order valence-electron chi connectivity index (χ2n) is 4.94. The Morgan fingerprint density at radius 1 is 1.15 bits per heavy atom. The smallest absolute Gasteiger partial charge is 0.394 e. The summed E-state index contributed by atoms with van der Waals surface area (Å²) in [6.45, 7) is -0.574. The molecule has 1 fully saturated rings. The molecule has 27 heavy (non-hydrogen) atoms. The van der Waals surface area contributed by atoms with Crippen molar-refractivity contribution in [1.29, 1.82) is 0 Å². The molecule has 0 bridgehead atoms. The number of hydrogen-bond donors (Lipinski definition) is 8. The Kier molecular flexibility index (Phi) is 7.75. The number of aromatic amines is 1. The Labute approximate surface area is 147 Å². The molecular formula is C9H15FN2O13P2. The molecule has 8 N–H and O–H groups in total. The van der Waals surface area contributed by atoms with Gasteiger partial charge in [-0.3, -0.25) is 14.3 Å². The van der Waals surface area contributed by atoms with E-state index in [0.717, 1.165) is 0 Å². The fourth-order valence-electron chi connectivity index (χ4n) is 1.90. The third kappa shape index (κ3) is 6.99. The fourth-order valence-corrected chi connectivity index (χ4v) is 3.01. The van der Waals surface area contributed by atoms with E-state index in [0.29, 0.717) is 10.8 Å². The van der Waals surface area contributed by atoms with Crippen molar-refractivity contribution in [3.8, 4) is 0 Å². The van der Waals surface area contributed by atoms with Gasteiger partial charge in [-0.15, -0.1) is 0 Å². The zero-order chi connectivity index (χ0) is 21.2. The summed E-state index contributed by atoms with van der Waals surface area (Å²) in [5.41, 5.74) is -2.18. The Morgan fingerprint density at radius 2 is 1.67 bits per heavy atom. The van der Waals surface area contributed by atoms with Crippen molar-refractivity contribution in [2.75, 3.05) is 6.61 Å². The number of rotatable bonds is 4. The van der Waals surface area contributed by atoms with Gasteiger partial charge in [0.15, 0.2) is 6.23 Å². The van der Waals surface area contributed by atoms with Gasteiger partial charge in [-0.05, 0) is 0 Å². The van der Waals surface area contributed by atoms with Crippen LogP contribution in [0.5, 0.6) is 0 Å². The lowest BCUT2D eigenvalue weighted by molar-refractivity contribution is -0.0554. The molecule has 0 amide bonds. The third-order valence-corrected chi connectivity index (χ3v) is 4.63. The lowest BCUT2D eigenvalue weighted by Gasteiger charge is -2.16. The van der Waals surface area contributed by atoms with Crippen LogP contribution < -0.4 is 11.2 Å². The first kappa shape index (κ1) is 23.7. The van der Waals surface area contributed by atoms with E-state index in [1.54, 1.807) is 4.98 Å². The van der Waals surface area contributed by atoms with Crippen LogP contribution in [0.25, 0.3) is 0 Å². The van der Waals surface area contributed by atoms with E-state index in [1.165, 1.54) is 0 Å². The lowest BCUT2D eigenvalue weighted by Crippen LogP contribution is -2.38. The van der Waals surface area contributed by atoms with Crippen molar-refractivity contribution >= 4 is 15.6 Å². The number of aromatic nitrogens is 2. The maximum absolute atomic E-state index is 13.1. The number of aliphatic hydroxyl groups is 3. The van der Waals surface area contributed by atoms with Crippen molar-refractivity contribution in [1.82, 2.24) is 9.55 Å². The minimum absolute atomic E-state index is 0.571. The normalized spacial score (nSPS) is 25.8. The molecule has 156 valence electrons. The average molecular weight is 440 g/mol. The monoisotopic (exact) mass is 440 g/mol. The molecule has 1 aliphatic rings. The highest BCUT2D eigenvalue weighted by atomic mass is 31.3. The van der Waals surface area contributed by atoms with Crippen LogP contribution >= 0.6 is 15.6 Å². The van der Waals surface area contributed by atoms with E-state index in [1.807, 2.05) is 0 Å². The Morgan fingerprint density at radius 3 is 2.04 bits per heavy atom. The first-order chi connectivity index (χ1) is 12.2. The van der Waals surface area contributed by atoms with Crippen LogP contribution in [0.3, 0.4) is 0 Å². The van der Waals surface area contributed by atoms with E-state index < -0.39 is 63.9 Å². The van der Waals surface area contributed by atoms with Gasteiger partial charge in [0.1, 0.15) is 18.3 Å². The highest BCUT2D eigenvalue weighted by Crippen LogP contribution is 2.53. The van der Waals surface area contributed by atoms with Crippen molar-refractivity contribution in [3.05, 3.63) is 32.9 Å². The third-order valence-electron chi connectivity index (χ3n) is 2.93. The predicted octanol–water partition coefficient (Wildman–Crippen LogP) is -3.52. The highest BCUT2D eigenvalue weighted by molar-refractivity contribution is 7.60. The van der Waals surface area contributed by atoms with Crippen molar-refractivity contribution in [2.24, 2.45) is 0 Å². The standard InChI is InChI=1S/C9H11FN2O6.H4O7P2/c10-3-1-12(9(17)11-7(3)16)8-6(15)5(14)4(2-13)18-8;1-8(2,3)7-9(4,5)6/h1,4-6,8,13-15H,2H2,(H,11,16,17);(H2,1,2,3)(H2,4,5,6)/t4-,5-,6-,8-;/m1./s1. The molecule has 0 spiro atoms. The zero-order valence-electron chi connectivity index (χ0n) is 12.9. The van der Waals surface area contributed by atoms with Gasteiger partial charge in [-0.1, -0.05) is 0 Å². The summed E-state index contributed by atoms with van der Waals surface area (Å²) in [5.74, 6) is -1.23. The van der Waals surface area contributed by atoms with Crippen LogP contribution in [0.4, 0.5) is 4.39 Å². The molecule has 0 aromatic carbocycles. The molecular weight excluding hydrogens is 425 g/mol. The number of aliphatic hydroxyl groups excluding tert-OH is 3. The van der Waals surface area contributed by atoms with Gasteiger partial charge in [0.05, 0.1) is 12.8 Å². The molecule has 15 nitrogen and oxygen atoms in total. The Bertz CT molecular complexity index is 838. The fraction of sp³-hybridized carbons (Fsp3) is 0.556. The number of ether oxygens (including phenoxy) is 1. The molecule has 18 heteroatoms. The van der Waals surface area contributed by atoms with Crippen molar-refractivity contribution in [2.45, 2.75) is 24.5 Å². The molecule has 2 rings (SSSR count). The summed E-state index contributed by atoms with van der Waals surface area (Å²) >= 11 is 0. The van der Waals surface area contributed by atoms with Gasteiger partial charge in [0.2, 0.25) is 5.82 Å². The summed E-state index contributed by atoms with van der Waals surface area (Å²) in [7, 11) is -10.1. The number of halogens is 1. The molecule has 0 radical (unpaired) electrons. The number of H-pyrrole nitrogens is 1. The van der Waals surface area contributed by atoms with Crippen LogP contribution in [0, 0.1) is 5.82 Å². The number of nitrogens with one attached hydrogen (secondary N) is 1. The Hall–Kier alpha value is -1.29. The second kappa shape index (κ2) is 8.81. The largest absolute Gasteiger partial charge is 0.478 e. The molecule has 1 aromatic heterocycles. The second-order valence-corrected chi connectivity index (χ2v) is 7.55. The van der Waals surface area contributed by atoms with E-state index in [9.17, 15) is 33.3 Å². The van der Waals surface area contributed by atoms with Crippen LogP contribution in [0.2, 0.25) is 0 Å². The highest BCUT2D eigenvalue weighted by Gasteiger charge is 2.43. The summed E-state index contributed by atoms with van der Waals surface area (Å²) in [6.07, 6.45) is -4.84. The lowest BCUT2D eigenvalue weighted by atomic mass is 10.1. The van der Waals surface area contributed by atoms with Crippen LogP contribution in [0.1, 0.15) is 6.23 Å². The summed E-state index contributed by atoms with van der Waals surface area (Å²) < 4.78 is 40.9. The summed E-state index contributed by atoms with van der Waals surface area (Å²) in [6, 6.07) is 0. The van der Waals surface area contributed by atoms with Gasteiger partial charge < -0.3 is 39.6 Å². The SMILES string of the molecule is O=P(O)(O)OP(=O)(O)O.O=c1[nH]c(=O)n([C@@H]2O[C@H](CO)[C@@H](O)[C@H]2O)cc1F. The molecule has 4 atom stereocenters. The quantitative estimate of drug-likeness (QED) is 0.212. The molecule has 0 unspecified atom stereocenters. The van der Waals surface area contributed by atoms with Gasteiger partial charge in [0, 0.05) is 0 Å². The van der Waals surface area contributed by atoms with Gasteiger partial charge >= 0.3 is 21.3 Å². The maximum Gasteiger partial charge on any atom is 0.478 e. The van der Waals surface area contributed by atoms with Crippen molar-refractivity contribution in [3.63, 3.8) is 0 Å². The van der Waals surface area contributed by atoms with Crippen LogP contribution in [0.15, 0.2) is 15.8 Å². The topological polar surface area (TPSA) is 249 Å². The van der Waals surface area contributed by atoms with Crippen LogP contribution in [-0.4, -0.2) is 69.4 Å². The molecule has 0 aliphatic carbocycles. The molecule has 1 aromatic rings. The molecule has 1 aliphatic heterocycles. The predicted molar refractivity (Wildman–Crippen MR) is 79.5 cm³/mol.